The van der Waals surface area contributed by atoms with Crippen molar-refractivity contribution in [2.24, 2.45) is 11.7 Å². The van der Waals surface area contributed by atoms with Crippen molar-refractivity contribution >= 4 is 18.3 Å². The van der Waals surface area contributed by atoms with Gasteiger partial charge in [0, 0.05) is 25.7 Å². The van der Waals surface area contributed by atoms with Gasteiger partial charge >= 0.3 is 0 Å². The van der Waals surface area contributed by atoms with Gasteiger partial charge in [-0.25, -0.2) is 0 Å². The van der Waals surface area contributed by atoms with Crippen molar-refractivity contribution in [3.05, 3.63) is 0 Å². The fourth-order valence-corrected chi connectivity index (χ4v) is 1.88. The number of rotatable bonds is 8. The van der Waals surface area contributed by atoms with E-state index in [0.717, 1.165) is 12.8 Å². The van der Waals surface area contributed by atoms with E-state index in [4.69, 9.17) is 10.5 Å². The van der Waals surface area contributed by atoms with Gasteiger partial charge in [-0.15, -0.1) is 12.4 Å². The Kier molecular flexibility index (Phi) is 11.8. The van der Waals surface area contributed by atoms with E-state index in [0.29, 0.717) is 19.2 Å². The van der Waals surface area contributed by atoms with Crippen molar-refractivity contribution in [2.75, 3.05) is 20.3 Å². The molecular weight excluding hydrogens is 252 g/mol. The lowest BCUT2D eigenvalue weighted by Crippen LogP contribution is -2.47. The molecule has 5 heteroatoms. The first-order valence-electron chi connectivity index (χ1n) is 6.54. The molecule has 0 aromatic carbocycles. The monoisotopic (exact) mass is 280 g/mol. The smallest absolute Gasteiger partial charge is 0.227 e. The van der Waals surface area contributed by atoms with E-state index < -0.39 is 0 Å². The van der Waals surface area contributed by atoms with Crippen molar-refractivity contribution in [1.82, 2.24) is 4.90 Å². The molecule has 18 heavy (non-hydrogen) atoms. The molecule has 0 heterocycles. The Morgan fingerprint density at radius 2 is 1.78 bits per heavy atom. The van der Waals surface area contributed by atoms with Gasteiger partial charge in [-0.2, -0.15) is 0 Å². The van der Waals surface area contributed by atoms with Crippen LogP contribution in [-0.2, 0) is 9.53 Å². The van der Waals surface area contributed by atoms with E-state index in [-0.39, 0.29) is 30.3 Å². The van der Waals surface area contributed by atoms with Crippen LogP contribution < -0.4 is 5.73 Å². The summed E-state index contributed by atoms with van der Waals surface area (Å²) >= 11 is 0. The first-order valence-corrected chi connectivity index (χ1v) is 6.54. The lowest BCUT2D eigenvalue weighted by atomic mass is 10.0. The lowest BCUT2D eigenvalue weighted by molar-refractivity contribution is -0.138. The minimum atomic E-state index is -0.132. The zero-order chi connectivity index (χ0) is 13.4. The molecule has 2 N–H and O–H groups in total. The zero-order valence-corrected chi connectivity index (χ0v) is 13.1. The van der Waals surface area contributed by atoms with Crippen molar-refractivity contribution in [1.29, 1.82) is 0 Å². The Labute approximate surface area is 118 Å². The van der Waals surface area contributed by atoms with Crippen LogP contribution in [0.4, 0.5) is 0 Å². The summed E-state index contributed by atoms with van der Waals surface area (Å²) in [4.78, 5) is 14.3. The summed E-state index contributed by atoms with van der Waals surface area (Å²) in [5.74, 6) is 0.0122. The van der Waals surface area contributed by atoms with E-state index in [1.54, 1.807) is 7.11 Å². The number of ether oxygens (including phenoxy) is 1. The molecule has 0 spiro atoms. The maximum Gasteiger partial charge on any atom is 0.227 e. The van der Waals surface area contributed by atoms with Gasteiger partial charge in [0.2, 0.25) is 5.91 Å². The number of methoxy groups -OCH3 is 1. The molecule has 0 saturated heterocycles. The van der Waals surface area contributed by atoms with Crippen LogP contribution in [0.5, 0.6) is 0 Å². The van der Waals surface area contributed by atoms with Gasteiger partial charge < -0.3 is 15.4 Å². The SMILES string of the molecule is CCC(CC)N(CCOC)C(=O)C(C)C(C)N.Cl. The summed E-state index contributed by atoms with van der Waals surface area (Å²) in [6.07, 6.45) is 1.94. The van der Waals surface area contributed by atoms with Gasteiger partial charge in [-0.3, -0.25) is 4.79 Å². The minimum Gasteiger partial charge on any atom is -0.383 e. The quantitative estimate of drug-likeness (QED) is 0.740. The average molecular weight is 281 g/mol. The van der Waals surface area contributed by atoms with Gasteiger partial charge in [0.1, 0.15) is 0 Å². The Hall–Kier alpha value is -0.320. The molecular formula is C13H29ClN2O2. The summed E-state index contributed by atoms with van der Waals surface area (Å²) in [6, 6.07) is 0.181. The molecule has 0 aromatic rings. The summed E-state index contributed by atoms with van der Waals surface area (Å²) in [6.45, 7) is 9.22. The number of amides is 1. The second kappa shape index (κ2) is 10.6. The number of carbonyl (C=O) groups excluding carboxylic acids is 1. The Morgan fingerprint density at radius 1 is 1.28 bits per heavy atom. The second-order valence-electron chi connectivity index (χ2n) is 4.64. The highest BCUT2D eigenvalue weighted by molar-refractivity contribution is 5.85. The zero-order valence-electron chi connectivity index (χ0n) is 12.3. The van der Waals surface area contributed by atoms with Crippen LogP contribution in [0.3, 0.4) is 0 Å². The van der Waals surface area contributed by atoms with Crippen molar-refractivity contribution in [2.45, 2.75) is 52.6 Å². The molecule has 1 amide bonds. The molecule has 0 radical (unpaired) electrons. The molecule has 0 rings (SSSR count). The third-order valence-electron chi connectivity index (χ3n) is 3.38. The maximum absolute atomic E-state index is 12.3. The highest BCUT2D eigenvalue weighted by atomic mass is 35.5. The third kappa shape index (κ3) is 6.03. The minimum absolute atomic E-state index is 0. The van der Waals surface area contributed by atoms with Crippen LogP contribution in [0.15, 0.2) is 0 Å². The van der Waals surface area contributed by atoms with Crippen LogP contribution in [0, 0.1) is 5.92 Å². The molecule has 0 fully saturated rings. The number of hydrogen-bond acceptors (Lipinski definition) is 3. The Bertz CT molecular complexity index is 221. The van der Waals surface area contributed by atoms with Crippen molar-refractivity contribution in [3.8, 4) is 0 Å². The van der Waals surface area contributed by atoms with Gasteiger partial charge in [0.25, 0.3) is 0 Å². The van der Waals surface area contributed by atoms with Crippen molar-refractivity contribution < 1.29 is 9.53 Å². The molecule has 2 atom stereocenters. The Morgan fingerprint density at radius 3 is 2.11 bits per heavy atom. The van der Waals surface area contributed by atoms with Gasteiger partial charge in [0.05, 0.1) is 12.5 Å². The van der Waals surface area contributed by atoms with Crippen LogP contribution in [-0.4, -0.2) is 43.2 Å². The second-order valence-corrected chi connectivity index (χ2v) is 4.64. The molecule has 0 aromatic heterocycles. The third-order valence-corrected chi connectivity index (χ3v) is 3.38. The molecule has 0 aliphatic heterocycles. The van der Waals surface area contributed by atoms with Crippen LogP contribution in [0.1, 0.15) is 40.5 Å². The molecule has 4 nitrogen and oxygen atoms in total. The highest BCUT2D eigenvalue weighted by Gasteiger charge is 2.27. The molecule has 0 aliphatic carbocycles. The van der Waals surface area contributed by atoms with Crippen LogP contribution >= 0.6 is 12.4 Å². The van der Waals surface area contributed by atoms with E-state index in [1.165, 1.54) is 0 Å². The topological polar surface area (TPSA) is 55.6 Å². The molecule has 2 unspecified atom stereocenters. The predicted molar refractivity (Wildman–Crippen MR) is 78.0 cm³/mol. The average Bonchev–Trinajstić information content (AvgIpc) is 2.32. The molecule has 110 valence electrons. The normalized spacial score (nSPS) is 13.9. The van der Waals surface area contributed by atoms with E-state index in [2.05, 4.69) is 13.8 Å². The standard InChI is InChI=1S/C13H28N2O2.ClH/c1-6-12(7-2)15(8-9-17-5)13(16)10(3)11(4)14;/h10-12H,6-9,14H2,1-5H3;1H. The number of nitrogens with two attached hydrogens (primary N) is 1. The fraction of sp³-hybridized carbons (Fsp3) is 0.923. The van der Waals surface area contributed by atoms with Crippen LogP contribution in [0.25, 0.3) is 0 Å². The molecule has 0 aliphatic rings. The van der Waals surface area contributed by atoms with Crippen LogP contribution in [0.2, 0.25) is 0 Å². The maximum atomic E-state index is 12.3. The number of halogens is 1. The van der Waals surface area contributed by atoms with E-state index in [1.807, 2.05) is 18.7 Å². The fourth-order valence-electron chi connectivity index (χ4n) is 1.88. The largest absolute Gasteiger partial charge is 0.383 e. The van der Waals surface area contributed by atoms with Gasteiger partial charge in [-0.05, 0) is 19.8 Å². The van der Waals surface area contributed by atoms with Gasteiger partial charge in [-0.1, -0.05) is 20.8 Å². The molecule has 0 bridgehead atoms. The highest BCUT2D eigenvalue weighted by Crippen LogP contribution is 2.14. The Balaban J connectivity index is 0. The van der Waals surface area contributed by atoms with E-state index in [9.17, 15) is 4.79 Å². The summed E-state index contributed by atoms with van der Waals surface area (Å²) in [7, 11) is 1.66. The number of hydrogen-bond donors (Lipinski definition) is 1. The lowest BCUT2D eigenvalue weighted by Gasteiger charge is -2.33. The number of nitrogens with zero attached hydrogens (tertiary/aromatic N) is 1. The number of carbonyl (C=O) groups is 1. The molecule has 0 saturated carbocycles. The van der Waals surface area contributed by atoms with Gasteiger partial charge in [0.15, 0.2) is 0 Å². The van der Waals surface area contributed by atoms with E-state index >= 15 is 0 Å². The first kappa shape index (κ1) is 20.0. The summed E-state index contributed by atoms with van der Waals surface area (Å²) in [5, 5.41) is 0. The summed E-state index contributed by atoms with van der Waals surface area (Å²) < 4.78 is 5.08. The van der Waals surface area contributed by atoms with Crippen molar-refractivity contribution in [3.63, 3.8) is 0 Å². The first-order chi connectivity index (χ1) is 7.99. The summed E-state index contributed by atoms with van der Waals surface area (Å²) in [5.41, 5.74) is 5.81. The predicted octanol–water partition coefficient (Wildman–Crippen LogP) is 2.06.